The van der Waals surface area contributed by atoms with Gasteiger partial charge in [0.05, 0.1) is 18.4 Å². The van der Waals surface area contributed by atoms with Crippen LogP contribution in [0, 0.1) is 11.6 Å². The zero-order valence-electron chi connectivity index (χ0n) is 9.64. The lowest BCUT2D eigenvalue weighted by Crippen LogP contribution is -2.20. The van der Waals surface area contributed by atoms with Crippen molar-refractivity contribution in [3.8, 4) is 0 Å². The molecular weight excluding hydrogens is 270 g/mol. The fourth-order valence-corrected chi connectivity index (χ4v) is 2.62. The standard InChI is InChI=1S/C13H8F2N2OS/c14-9-2-1-8(10(15)5-9)6-17-7-16-11-3-4-19-12(11)13(17)18/h1-5,7H,6H2. The van der Waals surface area contributed by atoms with E-state index < -0.39 is 11.6 Å². The smallest absolute Gasteiger partial charge is 0.271 e. The summed E-state index contributed by atoms with van der Waals surface area (Å²) in [7, 11) is 0. The number of fused-ring (bicyclic) bond motifs is 1. The average molecular weight is 278 g/mol. The van der Waals surface area contributed by atoms with Crippen molar-refractivity contribution in [2.45, 2.75) is 6.54 Å². The highest BCUT2D eigenvalue weighted by Gasteiger charge is 2.08. The minimum atomic E-state index is -0.668. The quantitative estimate of drug-likeness (QED) is 0.722. The normalized spacial score (nSPS) is 11.1. The van der Waals surface area contributed by atoms with E-state index in [9.17, 15) is 13.6 Å². The molecule has 6 heteroatoms. The van der Waals surface area contributed by atoms with Crippen LogP contribution in [0.4, 0.5) is 8.78 Å². The summed E-state index contributed by atoms with van der Waals surface area (Å²) < 4.78 is 28.2. The van der Waals surface area contributed by atoms with Crippen molar-refractivity contribution in [1.29, 1.82) is 0 Å². The Balaban J connectivity index is 2.05. The van der Waals surface area contributed by atoms with Gasteiger partial charge in [-0.1, -0.05) is 6.07 Å². The fraction of sp³-hybridized carbons (Fsp3) is 0.0769. The van der Waals surface area contributed by atoms with Gasteiger partial charge >= 0.3 is 0 Å². The monoisotopic (exact) mass is 278 g/mol. The molecule has 3 aromatic rings. The molecule has 19 heavy (non-hydrogen) atoms. The summed E-state index contributed by atoms with van der Waals surface area (Å²) in [6.07, 6.45) is 1.38. The van der Waals surface area contributed by atoms with Crippen LogP contribution in [0.15, 0.2) is 40.8 Å². The van der Waals surface area contributed by atoms with Crippen molar-refractivity contribution in [1.82, 2.24) is 9.55 Å². The van der Waals surface area contributed by atoms with Crippen molar-refractivity contribution in [3.05, 3.63) is 63.5 Å². The van der Waals surface area contributed by atoms with E-state index >= 15 is 0 Å². The van der Waals surface area contributed by atoms with Gasteiger partial charge in [-0.2, -0.15) is 0 Å². The van der Waals surface area contributed by atoms with E-state index in [1.807, 2.05) is 0 Å². The first-order valence-corrected chi connectivity index (χ1v) is 6.40. The van der Waals surface area contributed by atoms with Gasteiger partial charge in [-0.05, 0) is 17.5 Å². The van der Waals surface area contributed by atoms with E-state index in [1.54, 1.807) is 11.4 Å². The molecular formula is C13H8F2N2OS. The Kier molecular flexibility index (Phi) is 2.87. The van der Waals surface area contributed by atoms with Crippen molar-refractivity contribution < 1.29 is 8.78 Å². The maximum atomic E-state index is 13.5. The molecule has 0 fully saturated rings. The number of benzene rings is 1. The molecule has 96 valence electrons. The van der Waals surface area contributed by atoms with Crippen molar-refractivity contribution >= 4 is 21.6 Å². The lowest BCUT2D eigenvalue weighted by atomic mass is 10.2. The van der Waals surface area contributed by atoms with E-state index in [0.717, 1.165) is 6.07 Å². The van der Waals surface area contributed by atoms with Crippen LogP contribution in [-0.2, 0) is 6.54 Å². The second-order valence-electron chi connectivity index (χ2n) is 4.05. The summed E-state index contributed by atoms with van der Waals surface area (Å²) in [6.45, 7) is 0.0335. The molecule has 0 bridgehead atoms. The minimum absolute atomic E-state index is 0.0335. The predicted octanol–water partition coefficient (Wildman–Crippen LogP) is 2.78. The van der Waals surface area contributed by atoms with E-state index in [1.165, 1.54) is 34.4 Å². The number of thiophene rings is 1. The van der Waals surface area contributed by atoms with E-state index in [0.29, 0.717) is 10.2 Å². The second kappa shape index (κ2) is 4.55. The second-order valence-corrected chi connectivity index (χ2v) is 4.96. The van der Waals surface area contributed by atoms with Gasteiger partial charge in [0.15, 0.2) is 0 Å². The number of hydrogen-bond donors (Lipinski definition) is 0. The summed E-state index contributed by atoms with van der Waals surface area (Å²) in [4.78, 5) is 16.2. The van der Waals surface area contributed by atoms with Gasteiger partial charge in [-0.3, -0.25) is 9.36 Å². The molecule has 0 saturated heterocycles. The number of rotatable bonds is 2. The summed E-state index contributed by atoms with van der Waals surface area (Å²) in [5.74, 6) is -1.31. The topological polar surface area (TPSA) is 34.9 Å². The van der Waals surface area contributed by atoms with Gasteiger partial charge in [-0.15, -0.1) is 11.3 Å². The molecule has 0 amide bonds. The first kappa shape index (κ1) is 12.0. The maximum absolute atomic E-state index is 13.5. The van der Waals surface area contributed by atoms with E-state index in [2.05, 4.69) is 4.98 Å². The zero-order chi connectivity index (χ0) is 13.4. The van der Waals surface area contributed by atoms with Crippen LogP contribution >= 0.6 is 11.3 Å². The summed E-state index contributed by atoms with van der Waals surface area (Å²) >= 11 is 1.30. The van der Waals surface area contributed by atoms with E-state index in [4.69, 9.17) is 0 Å². The van der Waals surface area contributed by atoms with Gasteiger partial charge in [0.25, 0.3) is 5.56 Å². The Morgan fingerprint density at radius 2 is 2.11 bits per heavy atom. The molecule has 0 radical (unpaired) electrons. The van der Waals surface area contributed by atoms with Crippen molar-refractivity contribution in [2.24, 2.45) is 0 Å². The minimum Gasteiger partial charge on any atom is -0.293 e. The Morgan fingerprint density at radius 1 is 1.26 bits per heavy atom. The van der Waals surface area contributed by atoms with Gasteiger partial charge in [0.1, 0.15) is 16.3 Å². The Labute approximate surface area is 110 Å². The highest BCUT2D eigenvalue weighted by atomic mass is 32.1. The molecule has 0 aliphatic carbocycles. The Hall–Kier alpha value is -2.08. The third-order valence-electron chi connectivity index (χ3n) is 2.79. The van der Waals surface area contributed by atoms with Gasteiger partial charge < -0.3 is 0 Å². The van der Waals surface area contributed by atoms with E-state index in [-0.39, 0.29) is 17.7 Å². The lowest BCUT2D eigenvalue weighted by molar-refractivity contribution is 0.564. The summed E-state index contributed by atoms with van der Waals surface area (Å²) in [6, 6.07) is 5.05. The van der Waals surface area contributed by atoms with Crippen LogP contribution in [-0.4, -0.2) is 9.55 Å². The largest absolute Gasteiger partial charge is 0.293 e. The van der Waals surface area contributed by atoms with Gasteiger partial charge in [0, 0.05) is 11.6 Å². The maximum Gasteiger partial charge on any atom is 0.271 e. The predicted molar refractivity (Wildman–Crippen MR) is 69.3 cm³/mol. The highest BCUT2D eigenvalue weighted by molar-refractivity contribution is 7.17. The molecule has 0 saturated carbocycles. The van der Waals surface area contributed by atoms with Gasteiger partial charge in [0.2, 0.25) is 0 Å². The van der Waals surface area contributed by atoms with Crippen LogP contribution < -0.4 is 5.56 Å². The summed E-state index contributed by atoms with van der Waals surface area (Å²) in [5, 5.41) is 1.78. The highest BCUT2D eigenvalue weighted by Crippen LogP contribution is 2.14. The van der Waals surface area contributed by atoms with Crippen LogP contribution in [0.25, 0.3) is 10.2 Å². The van der Waals surface area contributed by atoms with Crippen LogP contribution in [0.5, 0.6) is 0 Å². The Morgan fingerprint density at radius 3 is 2.89 bits per heavy atom. The molecule has 0 N–H and O–H groups in total. The van der Waals surface area contributed by atoms with Crippen LogP contribution in [0.3, 0.4) is 0 Å². The van der Waals surface area contributed by atoms with Crippen LogP contribution in [0.2, 0.25) is 0 Å². The molecule has 2 heterocycles. The molecule has 1 aromatic carbocycles. The molecule has 0 aliphatic rings. The Bertz CT molecular complexity index is 810. The summed E-state index contributed by atoms with van der Waals surface area (Å²) in [5.41, 5.74) is 0.663. The molecule has 3 nitrogen and oxygen atoms in total. The van der Waals surface area contributed by atoms with Crippen LogP contribution in [0.1, 0.15) is 5.56 Å². The van der Waals surface area contributed by atoms with Crippen molar-refractivity contribution in [2.75, 3.05) is 0 Å². The lowest BCUT2D eigenvalue weighted by Gasteiger charge is -2.06. The molecule has 0 atom stereocenters. The third kappa shape index (κ3) is 2.15. The first-order valence-electron chi connectivity index (χ1n) is 5.52. The number of aromatic nitrogens is 2. The average Bonchev–Trinajstić information content (AvgIpc) is 2.85. The molecule has 0 spiro atoms. The first-order chi connectivity index (χ1) is 9.15. The molecule has 0 unspecified atom stereocenters. The van der Waals surface area contributed by atoms with Crippen molar-refractivity contribution in [3.63, 3.8) is 0 Å². The van der Waals surface area contributed by atoms with Gasteiger partial charge in [-0.25, -0.2) is 13.8 Å². The molecule has 2 aromatic heterocycles. The third-order valence-corrected chi connectivity index (χ3v) is 3.68. The molecule has 3 rings (SSSR count). The number of halogens is 2. The SMILES string of the molecule is O=c1c2sccc2ncn1Cc1ccc(F)cc1F. The number of nitrogens with zero attached hydrogens (tertiary/aromatic N) is 2. The fourth-order valence-electron chi connectivity index (χ4n) is 1.83. The number of hydrogen-bond acceptors (Lipinski definition) is 3. The molecule has 0 aliphatic heterocycles. The zero-order valence-corrected chi connectivity index (χ0v) is 10.5.